The lowest BCUT2D eigenvalue weighted by molar-refractivity contribution is -0.0512. The van der Waals surface area contributed by atoms with Gasteiger partial charge in [0.1, 0.15) is 11.9 Å². The van der Waals surface area contributed by atoms with Crippen LogP contribution in [0.15, 0.2) is 22.8 Å². The molecular weight excluding hydrogens is 194 g/mol. The van der Waals surface area contributed by atoms with Crippen LogP contribution in [-0.2, 0) is 9.47 Å². The lowest BCUT2D eigenvalue weighted by Gasteiger charge is -2.19. The normalized spacial score (nSPS) is 15.1. The Hall–Kier alpha value is -0.840. The quantitative estimate of drug-likeness (QED) is 0.749. The SMILES string of the molecule is CCOCC(C)OC(CN)c1ccco1. The van der Waals surface area contributed by atoms with Crippen molar-refractivity contribution in [1.29, 1.82) is 0 Å². The van der Waals surface area contributed by atoms with Gasteiger partial charge in [0.05, 0.1) is 19.0 Å². The van der Waals surface area contributed by atoms with Crippen molar-refractivity contribution in [3.05, 3.63) is 24.2 Å². The Bertz CT molecular complexity index is 248. The van der Waals surface area contributed by atoms with E-state index in [1.807, 2.05) is 26.0 Å². The molecule has 0 spiro atoms. The molecule has 0 bridgehead atoms. The smallest absolute Gasteiger partial charge is 0.133 e. The average Bonchev–Trinajstić information content (AvgIpc) is 2.76. The predicted octanol–water partition coefficient (Wildman–Crippen LogP) is 1.72. The Balaban J connectivity index is 2.40. The third-order valence-electron chi connectivity index (χ3n) is 2.03. The van der Waals surface area contributed by atoms with E-state index in [0.29, 0.717) is 19.8 Å². The molecule has 4 nitrogen and oxygen atoms in total. The molecule has 2 N–H and O–H groups in total. The van der Waals surface area contributed by atoms with Crippen LogP contribution in [-0.4, -0.2) is 25.9 Å². The average molecular weight is 213 g/mol. The van der Waals surface area contributed by atoms with Gasteiger partial charge in [-0.05, 0) is 26.0 Å². The first kappa shape index (κ1) is 12.2. The standard InChI is InChI=1S/C11H19NO3/c1-3-13-8-9(2)15-11(7-12)10-5-4-6-14-10/h4-6,9,11H,3,7-8,12H2,1-2H3. The zero-order chi connectivity index (χ0) is 11.1. The van der Waals surface area contributed by atoms with E-state index in [0.717, 1.165) is 5.76 Å². The highest BCUT2D eigenvalue weighted by Crippen LogP contribution is 2.18. The van der Waals surface area contributed by atoms with Gasteiger partial charge in [-0.3, -0.25) is 0 Å². The van der Waals surface area contributed by atoms with Crippen LogP contribution in [0.1, 0.15) is 25.7 Å². The van der Waals surface area contributed by atoms with Crippen molar-refractivity contribution in [3.63, 3.8) is 0 Å². The van der Waals surface area contributed by atoms with Crippen LogP contribution in [0.4, 0.5) is 0 Å². The minimum Gasteiger partial charge on any atom is -0.467 e. The lowest BCUT2D eigenvalue weighted by atomic mass is 10.2. The molecule has 0 radical (unpaired) electrons. The summed E-state index contributed by atoms with van der Waals surface area (Å²) in [6, 6.07) is 3.69. The molecule has 1 rings (SSSR count). The number of nitrogens with two attached hydrogens (primary N) is 1. The van der Waals surface area contributed by atoms with Crippen molar-refractivity contribution in [2.75, 3.05) is 19.8 Å². The highest BCUT2D eigenvalue weighted by molar-refractivity contribution is 5.02. The van der Waals surface area contributed by atoms with E-state index in [-0.39, 0.29) is 12.2 Å². The van der Waals surface area contributed by atoms with Gasteiger partial charge in [0.2, 0.25) is 0 Å². The molecule has 4 heteroatoms. The summed E-state index contributed by atoms with van der Waals surface area (Å²) in [6.45, 7) is 5.60. The molecule has 0 saturated carbocycles. The minimum atomic E-state index is -0.185. The number of rotatable bonds is 7. The number of hydrogen-bond donors (Lipinski definition) is 1. The third-order valence-corrected chi connectivity index (χ3v) is 2.03. The van der Waals surface area contributed by atoms with E-state index in [4.69, 9.17) is 19.6 Å². The van der Waals surface area contributed by atoms with Crippen LogP contribution in [0.25, 0.3) is 0 Å². The van der Waals surface area contributed by atoms with E-state index in [9.17, 15) is 0 Å². The van der Waals surface area contributed by atoms with Gasteiger partial charge in [0.25, 0.3) is 0 Å². The first-order valence-corrected chi connectivity index (χ1v) is 5.24. The Morgan fingerprint density at radius 1 is 1.53 bits per heavy atom. The van der Waals surface area contributed by atoms with Gasteiger partial charge in [-0.2, -0.15) is 0 Å². The first-order chi connectivity index (χ1) is 7.27. The monoisotopic (exact) mass is 213 g/mol. The van der Waals surface area contributed by atoms with E-state index in [2.05, 4.69) is 0 Å². The van der Waals surface area contributed by atoms with Crippen molar-refractivity contribution in [3.8, 4) is 0 Å². The second-order valence-electron chi connectivity index (χ2n) is 3.35. The van der Waals surface area contributed by atoms with Crippen molar-refractivity contribution in [2.24, 2.45) is 5.73 Å². The summed E-state index contributed by atoms with van der Waals surface area (Å²) in [5.74, 6) is 0.765. The van der Waals surface area contributed by atoms with Crippen molar-refractivity contribution < 1.29 is 13.9 Å². The first-order valence-electron chi connectivity index (χ1n) is 5.24. The maximum atomic E-state index is 5.70. The zero-order valence-electron chi connectivity index (χ0n) is 9.31. The summed E-state index contributed by atoms with van der Waals surface area (Å²) >= 11 is 0. The second kappa shape index (κ2) is 6.61. The summed E-state index contributed by atoms with van der Waals surface area (Å²) in [5, 5.41) is 0. The number of furan rings is 1. The van der Waals surface area contributed by atoms with Crippen LogP contribution in [0, 0.1) is 0 Å². The van der Waals surface area contributed by atoms with Gasteiger partial charge < -0.3 is 19.6 Å². The Kier molecular flexibility index (Phi) is 5.39. The summed E-state index contributed by atoms with van der Waals surface area (Å²) in [6.07, 6.45) is 1.45. The van der Waals surface area contributed by atoms with E-state index in [1.165, 1.54) is 0 Å². The van der Waals surface area contributed by atoms with E-state index in [1.54, 1.807) is 6.26 Å². The fraction of sp³-hybridized carbons (Fsp3) is 0.636. The summed E-state index contributed by atoms with van der Waals surface area (Å²) in [4.78, 5) is 0. The Labute approximate surface area is 90.3 Å². The van der Waals surface area contributed by atoms with Gasteiger partial charge in [-0.25, -0.2) is 0 Å². The largest absolute Gasteiger partial charge is 0.467 e. The third kappa shape index (κ3) is 4.03. The minimum absolute atomic E-state index is 0.0172. The van der Waals surface area contributed by atoms with Crippen molar-refractivity contribution >= 4 is 0 Å². The maximum Gasteiger partial charge on any atom is 0.133 e. The highest BCUT2D eigenvalue weighted by Gasteiger charge is 2.16. The molecule has 2 unspecified atom stereocenters. The molecule has 0 aliphatic carbocycles. The highest BCUT2D eigenvalue weighted by atomic mass is 16.5. The molecule has 1 aromatic rings. The Morgan fingerprint density at radius 3 is 2.87 bits per heavy atom. The molecule has 0 fully saturated rings. The van der Waals surface area contributed by atoms with Gasteiger partial charge in [-0.1, -0.05) is 0 Å². The topological polar surface area (TPSA) is 57.6 Å². The summed E-state index contributed by atoms with van der Waals surface area (Å²) in [5.41, 5.74) is 5.62. The fourth-order valence-electron chi connectivity index (χ4n) is 1.32. The maximum absolute atomic E-state index is 5.70. The zero-order valence-corrected chi connectivity index (χ0v) is 9.31. The van der Waals surface area contributed by atoms with Crippen LogP contribution in [0.2, 0.25) is 0 Å². The summed E-state index contributed by atoms with van der Waals surface area (Å²) in [7, 11) is 0. The van der Waals surface area contributed by atoms with Crippen LogP contribution >= 0.6 is 0 Å². The molecular formula is C11H19NO3. The molecule has 1 heterocycles. The molecule has 15 heavy (non-hydrogen) atoms. The van der Waals surface area contributed by atoms with Crippen molar-refractivity contribution in [2.45, 2.75) is 26.1 Å². The molecule has 0 aliphatic heterocycles. The van der Waals surface area contributed by atoms with Gasteiger partial charge in [-0.15, -0.1) is 0 Å². The van der Waals surface area contributed by atoms with E-state index >= 15 is 0 Å². The van der Waals surface area contributed by atoms with Gasteiger partial charge in [0.15, 0.2) is 0 Å². The Morgan fingerprint density at radius 2 is 2.33 bits per heavy atom. The van der Waals surface area contributed by atoms with Crippen LogP contribution in [0.3, 0.4) is 0 Å². The molecule has 0 aliphatic rings. The lowest BCUT2D eigenvalue weighted by Crippen LogP contribution is -2.23. The van der Waals surface area contributed by atoms with Gasteiger partial charge >= 0.3 is 0 Å². The number of ether oxygens (including phenoxy) is 2. The predicted molar refractivity (Wildman–Crippen MR) is 57.5 cm³/mol. The van der Waals surface area contributed by atoms with Crippen LogP contribution < -0.4 is 5.73 Å². The molecule has 1 aromatic heterocycles. The molecule has 0 aromatic carbocycles. The van der Waals surface area contributed by atoms with Crippen LogP contribution in [0.5, 0.6) is 0 Å². The van der Waals surface area contributed by atoms with Crippen molar-refractivity contribution in [1.82, 2.24) is 0 Å². The molecule has 2 atom stereocenters. The molecule has 0 saturated heterocycles. The number of hydrogen-bond acceptors (Lipinski definition) is 4. The second-order valence-corrected chi connectivity index (χ2v) is 3.35. The van der Waals surface area contributed by atoms with E-state index < -0.39 is 0 Å². The van der Waals surface area contributed by atoms with Gasteiger partial charge in [0, 0.05) is 13.2 Å². The fourth-order valence-corrected chi connectivity index (χ4v) is 1.32. The summed E-state index contributed by atoms with van der Waals surface area (Å²) < 4.78 is 16.2. The molecule has 86 valence electrons. The molecule has 0 amide bonds.